The second-order valence-electron chi connectivity index (χ2n) is 6.74. The summed E-state index contributed by atoms with van der Waals surface area (Å²) in [5, 5.41) is 9.85. The fourth-order valence-electron chi connectivity index (χ4n) is 3.30. The van der Waals surface area contributed by atoms with E-state index in [1.165, 1.54) is 0 Å². The third-order valence-corrected chi connectivity index (χ3v) is 5.09. The topological polar surface area (TPSA) is 50.8 Å². The van der Waals surface area contributed by atoms with Crippen LogP contribution in [0.4, 0.5) is 0 Å². The highest BCUT2D eigenvalue weighted by atomic mass is 35.5. The number of aryl methyl sites for hydroxylation is 1. The summed E-state index contributed by atoms with van der Waals surface area (Å²) in [6, 6.07) is 18.2. The molecule has 0 aliphatic carbocycles. The van der Waals surface area contributed by atoms with Gasteiger partial charge in [0.05, 0.1) is 23.9 Å². The molecule has 3 rings (SSSR count). The fraction of sp³-hybridized carbons (Fsp3) is 0.304. The molecule has 0 aliphatic heterocycles. The van der Waals surface area contributed by atoms with Crippen LogP contribution in [0.15, 0.2) is 48.5 Å². The van der Waals surface area contributed by atoms with E-state index in [4.69, 9.17) is 16.3 Å². The largest absolute Gasteiger partial charge is 0.378 e. The van der Waals surface area contributed by atoms with Gasteiger partial charge in [-0.1, -0.05) is 67.4 Å². The van der Waals surface area contributed by atoms with Gasteiger partial charge in [0.15, 0.2) is 5.15 Å². The van der Waals surface area contributed by atoms with Gasteiger partial charge >= 0.3 is 0 Å². The first kappa shape index (κ1) is 20.1. The SMILES string of the molecule is CCCCc1nc(Cl)c(COC)n1Cc1ccc(-c2ccccc2C#N)cc1. The van der Waals surface area contributed by atoms with Crippen molar-refractivity contribution < 1.29 is 4.74 Å². The monoisotopic (exact) mass is 393 g/mol. The van der Waals surface area contributed by atoms with Crippen molar-refractivity contribution >= 4 is 11.6 Å². The van der Waals surface area contributed by atoms with Crippen LogP contribution in [-0.2, 0) is 24.3 Å². The normalized spacial score (nSPS) is 10.8. The Morgan fingerprint density at radius 1 is 1.14 bits per heavy atom. The predicted octanol–water partition coefficient (Wildman–Crippen LogP) is 5.61. The van der Waals surface area contributed by atoms with Gasteiger partial charge in [-0.3, -0.25) is 0 Å². The van der Waals surface area contributed by atoms with Crippen molar-refractivity contribution in [3.63, 3.8) is 0 Å². The van der Waals surface area contributed by atoms with Crippen molar-refractivity contribution in [3.8, 4) is 17.2 Å². The Kier molecular flexibility index (Phi) is 6.86. The molecule has 0 saturated carbocycles. The summed E-state index contributed by atoms with van der Waals surface area (Å²) < 4.78 is 7.50. The summed E-state index contributed by atoms with van der Waals surface area (Å²) >= 11 is 6.37. The molecule has 4 nitrogen and oxygen atoms in total. The number of hydrogen-bond acceptors (Lipinski definition) is 3. The van der Waals surface area contributed by atoms with Gasteiger partial charge in [-0.25, -0.2) is 4.98 Å². The summed E-state index contributed by atoms with van der Waals surface area (Å²) in [6.45, 7) is 3.30. The van der Waals surface area contributed by atoms with Gasteiger partial charge in [-0.05, 0) is 29.2 Å². The van der Waals surface area contributed by atoms with E-state index in [0.717, 1.165) is 47.5 Å². The average molecular weight is 394 g/mol. The van der Waals surface area contributed by atoms with Crippen LogP contribution in [0.3, 0.4) is 0 Å². The zero-order valence-corrected chi connectivity index (χ0v) is 17.0. The first-order chi connectivity index (χ1) is 13.7. The lowest BCUT2D eigenvalue weighted by Gasteiger charge is -2.13. The lowest BCUT2D eigenvalue weighted by Crippen LogP contribution is -2.10. The van der Waals surface area contributed by atoms with Gasteiger partial charge in [-0.2, -0.15) is 5.26 Å². The van der Waals surface area contributed by atoms with E-state index >= 15 is 0 Å². The molecule has 0 amide bonds. The highest BCUT2D eigenvalue weighted by molar-refractivity contribution is 6.30. The third-order valence-electron chi connectivity index (χ3n) is 4.79. The predicted molar refractivity (Wildman–Crippen MR) is 112 cm³/mol. The second kappa shape index (κ2) is 9.54. The van der Waals surface area contributed by atoms with Gasteiger partial charge in [0.25, 0.3) is 0 Å². The molecular weight excluding hydrogens is 370 g/mol. The summed E-state index contributed by atoms with van der Waals surface area (Å²) in [4.78, 5) is 4.56. The molecule has 0 fully saturated rings. The van der Waals surface area contributed by atoms with Crippen molar-refractivity contribution in [1.82, 2.24) is 9.55 Å². The van der Waals surface area contributed by atoms with Crippen molar-refractivity contribution in [2.75, 3.05) is 7.11 Å². The Morgan fingerprint density at radius 3 is 2.57 bits per heavy atom. The van der Waals surface area contributed by atoms with E-state index < -0.39 is 0 Å². The molecule has 0 aliphatic rings. The highest BCUT2D eigenvalue weighted by Gasteiger charge is 2.16. The van der Waals surface area contributed by atoms with E-state index in [0.29, 0.717) is 23.9 Å². The number of benzene rings is 2. The van der Waals surface area contributed by atoms with Crippen molar-refractivity contribution in [2.24, 2.45) is 0 Å². The minimum Gasteiger partial charge on any atom is -0.378 e. The van der Waals surface area contributed by atoms with Gasteiger partial charge in [0.1, 0.15) is 5.82 Å². The molecule has 5 heteroatoms. The lowest BCUT2D eigenvalue weighted by atomic mass is 9.99. The molecule has 0 spiro atoms. The molecule has 3 aromatic rings. The van der Waals surface area contributed by atoms with E-state index in [9.17, 15) is 5.26 Å². The minimum atomic E-state index is 0.436. The Labute approximate surface area is 171 Å². The smallest absolute Gasteiger partial charge is 0.153 e. The minimum absolute atomic E-state index is 0.436. The molecule has 0 saturated heterocycles. The number of nitriles is 1. The molecule has 0 atom stereocenters. The summed E-state index contributed by atoms with van der Waals surface area (Å²) in [7, 11) is 1.67. The first-order valence-electron chi connectivity index (χ1n) is 9.49. The number of halogens is 1. The fourth-order valence-corrected chi connectivity index (χ4v) is 3.55. The van der Waals surface area contributed by atoms with Crippen molar-refractivity contribution in [3.05, 3.63) is 76.3 Å². The number of unbranched alkanes of at least 4 members (excludes halogenated alkanes) is 1. The molecule has 2 aromatic carbocycles. The molecule has 28 heavy (non-hydrogen) atoms. The number of aromatic nitrogens is 2. The Balaban J connectivity index is 1.89. The van der Waals surface area contributed by atoms with Gasteiger partial charge in [-0.15, -0.1) is 0 Å². The quantitative estimate of drug-likeness (QED) is 0.499. The second-order valence-corrected chi connectivity index (χ2v) is 7.10. The zero-order chi connectivity index (χ0) is 19.9. The molecule has 0 bridgehead atoms. The van der Waals surface area contributed by atoms with Gasteiger partial charge in [0.2, 0.25) is 0 Å². The summed E-state index contributed by atoms with van der Waals surface area (Å²) in [5.41, 5.74) is 4.73. The van der Waals surface area contributed by atoms with Crippen LogP contribution >= 0.6 is 11.6 Å². The third kappa shape index (κ3) is 4.44. The molecule has 0 N–H and O–H groups in total. The van der Waals surface area contributed by atoms with Gasteiger partial charge in [0, 0.05) is 20.1 Å². The number of rotatable bonds is 8. The Bertz CT molecular complexity index is 971. The summed E-state index contributed by atoms with van der Waals surface area (Å²) in [5.74, 6) is 0.998. The number of nitrogens with zero attached hydrogens (tertiary/aromatic N) is 3. The maximum atomic E-state index is 9.33. The first-order valence-corrected chi connectivity index (χ1v) is 9.86. The van der Waals surface area contributed by atoms with Crippen LogP contribution in [0.2, 0.25) is 5.15 Å². The van der Waals surface area contributed by atoms with Crippen LogP contribution < -0.4 is 0 Å². The van der Waals surface area contributed by atoms with E-state index in [2.05, 4.69) is 46.8 Å². The van der Waals surface area contributed by atoms with Crippen LogP contribution in [0.25, 0.3) is 11.1 Å². The highest BCUT2D eigenvalue weighted by Crippen LogP contribution is 2.25. The van der Waals surface area contributed by atoms with Crippen LogP contribution in [0, 0.1) is 11.3 Å². The molecule has 0 radical (unpaired) electrons. The van der Waals surface area contributed by atoms with Crippen molar-refractivity contribution in [1.29, 1.82) is 5.26 Å². The molecule has 0 unspecified atom stereocenters. The van der Waals surface area contributed by atoms with Crippen LogP contribution in [-0.4, -0.2) is 16.7 Å². The number of methoxy groups -OCH3 is 1. The molecule has 144 valence electrons. The van der Waals surface area contributed by atoms with E-state index in [-0.39, 0.29) is 0 Å². The number of hydrogen-bond donors (Lipinski definition) is 0. The van der Waals surface area contributed by atoms with Crippen LogP contribution in [0.5, 0.6) is 0 Å². The Hall–Kier alpha value is -2.61. The van der Waals surface area contributed by atoms with E-state index in [1.54, 1.807) is 7.11 Å². The average Bonchev–Trinajstić information content (AvgIpc) is 3.02. The molecule has 1 heterocycles. The number of imidazole rings is 1. The van der Waals surface area contributed by atoms with Gasteiger partial charge < -0.3 is 9.30 Å². The van der Waals surface area contributed by atoms with Crippen LogP contribution in [0.1, 0.15) is 42.4 Å². The maximum absolute atomic E-state index is 9.33. The standard InChI is InChI=1S/C23H24ClN3O/c1-3-4-9-22-26-23(24)21(16-28-2)27(22)15-17-10-12-18(13-11-17)20-8-6-5-7-19(20)14-25/h5-8,10-13H,3-4,9,15-16H2,1-2H3. The number of ether oxygens (including phenoxy) is 1. The van der Waals surface area contributed by atoms with E-state index in [1.807, 2.05) is 24.3 Å². The molecular formula is C23H24ClN3O. The summed E-state index contributed by atoms with van der Waals surface area (Å²) in [6.07, 6.45) is 3.08. The lowest BCUT2D eigenvalue weighted by molar-refractivity contribution is 0.178. The van der Waals surface area contributed by atoms with Crippen molar-refractivity contribution in [2.45, 2.75) is 39.3 Å². The molecule has 1 aromatic heterocycles. The maximum Gasteiger partial charge on any atom is 0.153 e. The Morgan fingerprint density at radius 2 is 1.89 bits per heavy atom. The zero-order valence-electron chi connectivity index (χ0n) is 16.3.